The van der Waals surface area contributed by atoms with Crippen LogP contribution in [0.1, 0.15) is 27.8 Å². The number of hydrogen-bond acceptors (Lipinski definition) is 3. The summed E-state index contributed by atoms with van der Waals surface area (Å²) in [5.74, 6) is 2.15. The van der Waals surface area contributed by atoms with Crippen LogP contribution in [0.4, 0.5) is 5.69 Å². The Bertz CT molecular complexity index is 712. The van der Waals surface area contributed by atoms with Gasteiger partial charge in [-0.3, -0.25) is 4.79 Å². The van der Waals surface area contributed by atoms with E-state index in [0.717, 1.165) is 28.3 Å². The fourth-order valence-corrected chi connectivity index (χ4v) is 3.56. The van der Waals surface area contributed by atoms with Crippen LogP contribution in [0.15, 0.2) is 30.3 Å². The van der Waals surface area contributed by atoms with Gasteiger partial charge in [-0.2, -0.15) is 0 Å². The van der Waals surface area contributed by atoms with Crippen LogP contribution < -0.4 is 10.1 Å². The van der Waals surface area contributed by atoms with Gasteiger partial charge in [-0.05, 0) is 69.0 Å². The number of amides is 1. The van der Waals surface area contributed by atoms with Gasteiger partial charge < -0.3 is 10.1 Å². The van der Waals surface area contributed by atoms with E-state index >= 15 is 0 Å². The van der Waals surface area contributed by atoms with Crippen molar-refractivity contribution in [2.45, 2.75) is 34.6 Å². The zero-order valence-electron chi connectivity index (χ0n) is 15.7. The average Bonchev–Trinajstić information content (AvgIpc) is 2.49. The molecule has 134 valence electrons. The number of ether oxygens (including phenoxy) is 1. The molecule has 2 aromatic carbocycles. The number of anilines is 1. The summed E-state index contributed by atoms with van der Waals surface area (Å²) < 4.78 is 5.77. The Hall–Kier alpha value is -1.94. The molecule has 1 amide bonds. The van der Waals surface area contributed by atoms with Gasteiger partial charge in [0, 0.05) is 11.4 Å². The number of hydrogen-bond donors (Lipinski definition) is 1. The van der Waals surface area contributed by atoms with E-state index in [9.17, 15) is 4.79 Å². The summed E-state index contributed by atoms with van der Waals surface area (Å²) >= 11 is 1.59. The summed E-state index contributed by atoms with van der Waals surface area (Å²) in [6, 6.07) is 10.4. The first-order valence-corrected chi connectivity index (χ1v) is 9.67. The average molecular weight is 358 g/mol. The van der Waals surface area contributed by atoms with E-state index in [-0.39, 0.29) is 5.91 Å². The van der Waals surface area contributed by atoms with Gasteiger partial charge in [-0.1, -0.05) is 23.8 Å². The fourth-order valence-electron chi connectivity index (χ4n) is 2.95. The molecule has 0 aliphatic rings. The first kappa shape index (κ1) is 19.4. The van der Waals surface area contributed by atoms with Gasteiger partial charge in [-0.25, -0.2) is 0 Å². The third-order valence-electron chi connectivity index (χ3n) is 3.87. The Morgan fingerprint density at radius 3 is 2.08 bits per heavy atom. The largest absolute Gasteiger partial charge is 0.493 e. The molecular formula is C21H27NO2S. The molecule has 3 nitrogen and oxygen atoms in total. The molecule has 0 aliphatic carbocycles. The number of thioether (sulfide) groups is 1. The number of aryl methyl sites for hydroxylation is 5. The second-order valence-corrected chi connectivity index (χ2v) is 7.65. The summed E-state index contributed by atoms with van der Waals surface area (Å²) in [5, 5.41) is 3.03. The van der Waals surface area contributed by atoms with Gasteiger partial charge in [0.1, 0.15) is 5.75 Å². The number of benzene rings is 2. The van der Waals surface area contributed by atoms with Crippen LogP contribution in [0.2, 0.25) is 0 Å². The van der Waals surface area contributed by atoms with Gasteiger partial charge in [0.15, 0.2) is 0 Å². The highest BCUT2D eigenvalue weighted by Gasteiger charge is 2.08. The first-order chi connectivity index (χ1) is 11.8. The maximum atomic E-state index is 12.2. The van der Waals surface area contributed by atoms with Crippen molar-refractivity contribution in [3.8, 4) is 5.75 Å². The Morgan fingerprint density at radius 1 is 0.920 bits per heavy atom. The first-order valence-electron chi connectivity index (χ1n) is 8.51. The third kappa shape index (κ3) is 6.13. The molecule has 0 bridgehead atoms. The summed E-state index contributed by atoms with van der Waals surface area (Å²) in [4.78, 5) is 12.2. The molecule has 0 atom stereocenters. The molecule has 2 rings (SSSR count). The van der Waals surface area contributed by atoms with Crippen molar-refractivity contribution in [3.63, 3.8) is 0 Å². The van der Waals surface area contributed by atoms with E-state index in [1.165, 1.54) is 16.7 Å². The van der Waals surface area contributed by atoms with Crippen molar-refractivity contribution in [2.24, 2.45) is 0 Å². The minimum Gasteiger partial charge on any atom is -0.493 e. The Kier molecular flexibility index (Phi) is 6.94. The van der Waals surface area contributed by atoms with Gasteiger partial charge in [0.25, 0.3) is 0 Å². The minimum absolute atomic E-state index is 0.0338. The second-order valence-electron chi connectivity index (χ2n) is 6.55. The summed E-state index contributed by atoms with van der Waals surface area (Å²) in [7, 11) is 0. The highest BCUT2D eigenvalue weighted by molar-refractivity contribution is 7.99. The van der Waals surface area contributed by atoms with Crippen molar-refractivity contribution < 1.29 is 9.53 Å². The van der Waals surface area contributed by atoms with Gasteiger partial charge in [-0.15, -0.1) is 11.8 Å². The van der Waals surface area contributed by atoms with Crippen LogP contribution in [0.3, 0.4) is 0 Å². The van der Waals surface area contributed by atoms with Crippen molar-refractivity contribution >= 4 is 23.4 Å². The van der Waals surface area contributed by atoms with Crippen molar-refractivity contribution in [3.05, 3.63) is 58.1 Å². The van der Waals surface area contributed by atoms with Crippen LogP contribution in [0, 0.1) is 34.6 Å². The van der Waals surface area contributed by atoms with E-state index in [1.54, 1.807) is 11.8 Å². The standard InChI is InChI=1S/C21H27NO2S/c1-14-8-15(2)12-19(11-14)24-6-7-25-13-20(23)22-21-17(4)9-16(3)10-18(21)5/h8-12H,6-7,13H2,1-5H3,(H,22,23). The molecule has 0 heterocycles. The summed E-state index contributed by atoms with van der Waals surface area (Å²) in [5.41, 5.74) is 6.76. The number of nitrogens with one attached hydrogen (secondary N) is 1. The van der Waals surface area contributed by atoms with Crippen molar-refractivity contribution in [2.75, 3.05) is 23.4 Å². The van der Waals surface area contributed by atoms with E-state index in [4.69, 9.17) is 4.74 Å². The van der Waals surface area contributed by atoms with E-state index in [2.05, 4.69) is 44.3 Å². The second kappa shape index (κ2) is 8.95. The van der Waals surface area contributed by atoms with Crippen molar-refractivity contribution in [1.82, 2.24) is 0 Å². The summed E-state index contributed by atoms with van der Waals surface area (Å²) in [6.45, 7) is 10.9. The highest BCUT2D eigenvalue weighted by atomic mass is 32.2. The number of carbonyl (C=O) groups excluding carboxylic acids is 1. The van der Waals surface area contributed by atoms with Crippen LogP contribution in [-0.2, 0) is 4.79 Å². The molecule has 0 aliphatic heterocycles. The Balaban J connectivity index is 1.74. The molecule has 0 unspecified atom stereocenters. The SMILES string of the molecule is Cc1cc(C)cc(OCCSCC(=O)Nc2c(C)cc(C)cc2C)c1. The smallest absolute Gasteiger partial charge is 0.234 e. The topological polar surface area (TPSA) is 38.3 Å². The van der Waals surface area contributed by atoms with Crippen molar-refractivity contribution in [1.29, 1.82) is 0 Å². The van der Waals surface area contributed by atoms with E-state index < -0.39 is 0 Å². The van der Waals surface area contributed by atoms with Gasteiger partial charge in [0.05, 0.1) is 12.4 Å². The molecular weight excluding hydrogens is 330 g/mol. The quantitative estimate of drug-likeness (QED) is 0.710. The molecule has 0 saturated carbocycles. The van der Waals surface area contributed by atoms with E-state index in [0.29, 0.717) is 12.4 Å². The zero-order chi connectivity index (χ0) is 18.4. The lowest BCUT2D eigenvalue weighted by Crippen LogP contribution is -2.16. The van der Waals surface area contributed by atoms with Crippen LogP contribution >= 0.6 is 11.8 Å². The molecule has 25 heavy (non-hydrogen) atoms. The molecule has 4 heteroatoms. The lowest BCUT2D eigenvalue weighted by atomic mass is 10.1. The van der Waals surface area contributed by atoms with Crippen LogP contribution in [-0.4, -0.2) is 24.0 Å². The predicted molar refractivity (Wildman–Crippen MR) is 108 cm³/mol. The molecule has 2 aromatic rings. The fraction of sp³-hybridized carbons (Fsp3) is 0.381. The lowest BCUT2D eigenvalue weighted by molar-refractivity contribution is -0.113. The molecule has 0 aromatic heterocycles. The molecule has 0 saturated heterocycles. The van der Waals surface area contributed by atoms with Crippen LogP contribution in [0.25, 0.3) is 0 Å². The van der Waals surface area contributed by atoms with Gasteiger partial charge >= 0.3 is 0 Å². The summed E-state index contributed by atoms with van der Waals surface area (Å²) in [6.07, 6.45) is 0. The number of rotatable bonds is 7. The zero-order valence-corrected chi connectivity index (χ0v) is 16.5. The monoisotopic (exact) mass is 357 g/mol. The van der Waals surface area contributed by atoms with E-state index in [1.807, 2.05) is 26.0 Å². The van der Waals surface area contributed by atoms with Crippen LogP contribution in [0.5, 0.6) is 5.75 Å². The predicted octanol–water partition coefficient (Wildman–Crippen LogP) is 4.98. The highest BCUT2D eigenvalue weighted by Crippen LogP contribution is 2.22. The Morgan fingerprint density at radius 2 is 1.48 bits per heavy atom. The normalized spacial score (nSPS) is 10.6. The molecule has 0 spiro atoms. The number of carbonyl (C=O) groups is 1. The Labute approximate surface area is 155 Å². The third-order valence-corrected chi connectivity index (χ3v) is 4.79. The lowest BCUT2D eigenvalue weighted by Gasteiger charge is -2.13. The molecule has 0 radical (unpaired) electrons. The minimum atomic E-state index is 0.0338. The van der Waals surface area contributed by atoms with Gasteiger partial charge in [0.2, 0.25) is 5.91 Å². The maximum Gasteiger partial charge on any atom is 0.234 e. The maximum absolute atomic E-state index is 12.2. The molecule has 1 N–H and O–H groups in total. The molecule has 0 fully saturated rings.